The van der Waals surface area contributed by atoms with E-state index in [9.17, 15) is 9.59 Å². The maximum atomic E-state index is 12.3. The van der Waals surface area contributed by atoms with Crippen molar-refractivity contribution in [3.8, 4) is 0 Å². The van der Waals surface area contributed by atoms with Gasteiger partial charge in [-0.3, -0.25) is 9.59 Å². The number of fused-ring (bicyclic) bond motifs is 1. The molecule has 132 valence electrons. The molecule has 0 atom stereocenters. The molecule has 1 fully saturated rings. The summed E-state index contributed by atoms with van der Waals surface area (Å²) in [4.78, 5) is 30.1. The maximum Gasteiger partial charge on any atom is 0.228 e. The highest BCUT2D eigenvalue weighted by atomic mass is 16.3. The van der Waals surface area contributed by atoms with E-state index < -0.39 is 0 Å². The Labute approximate surface area is 150 Å². The Balaban J connectivity index is 1.41. The number of nitrogens with one attached hydrogen (secondary N) is 1. The standard InChI is InChI=1S/C20H19N3O3/c1-13-21-17-12-15(6-9-18(17)26-13)22-19(24)11-14-4-7-16(8-5-14)23-10-2-3-20(23)25/h4-9,12H,2-3,10-11H2,1H3,(H,22,24). The van der Waals surface area contributed by atoms with E-state index in [-0.39, 0.29) is 18.2 Å². The van der Waals surface area contributed by atoms with Gasteiger partial charge in [0.1, 0.15) is 5.52 Å². The van der Waals surface area contributed by atoms with E-state index in [4.69, 9.17) is 4.42 Å². The van der Waals surface area contributed by atoms with Crippen LogP contribution < -0.4 is 10.2 Å². The summed E-state index contributed by atoms with van der Waals surface area (Å²) in [6.07, 6.45) is 1.78. The molecule has 1 aliphatic rings. The second-order valence-electron chi connectivity index (χ2n) is 6.46. The third-order valence-electron chi connectivity index (χ3n) is 4.46. The number of hydrogen-bond acceptors (Lipinski definition) is 4. The van der Waals surface area contributed by atoms with Crippen molar-refractivity contribution in [2.24, 2.45) is 0 Å². The molecule has 4 rings (SSSR count). The fraction of sp³-hybridized carbons (Fsp3) is 0.250. The molecule has 2 heterocycles. The van der Waals surface area contributed by atoms with Gasteiger partial charge in [-0.05, 0) is 42.3 Å². The number of nitrogens with zero attached hydrogens (tertiary/aromatic N) is 2. The first-order valence-corrected chi connectivity index (χ1v) is 8.65. The third kappa shape index (κ3) is 3.31. The van der Waals surface area contributed by atoms with Crippen LogP contribution in [0, 0.1) is 6.92 Å². The molecule has 1 aliphatic heterocycles. The summed E-state index contributed by atoms with van der Waals surface area (Å²) in [6.45, 7) is 2.56. The SMILES string of the molecule is Cc1nc2cc(NC(=O)Cc3ccc(N4CCCC4=O)cc3)ccc2o1. The first kappa shape index (κ1) is 16.3. The lowest BCUT2D eigenvalue weighted by molar-refractivity contribution is -0.117. The van der Waals surface area contributed by atoms with Crippen LogP contribution in [-0.4, -0.2) is 23.3 Å². The van der Waals surface area contributed by atoms with E-state index >= 15 is 0 Å². The van der Waals surface area contributed by atoms with Gasteiger partial charge in [-0.2, -0.15) is 0 Å². The van der Waals surface area contributed by atoms with Crippen LogP contribution in [0.15, 0.2) is 46.9 Å². The van der Waals surface area contributed by atoms with E-state index in [1.165, 1.54) is 0 Å². The molecule has 1 saturated heterocycles. The largest absolute Gasteiger partial charge is 0.441 e. The van der Waals surface area contributed by atoms with E-state index in [1.54, 1.807) is 30.0 Å². The van der Waals surface area contributed by atoms with Crippen molar-refractivity contribution in [2.75, 3.05) is 16.8 Å². The van der Waals surface area contributed by atoms with Gasteiger partial charge in [-0.15, -0.1) is 0 Å². The molecule has 26 heavy (non-hydrogen) atoms. The number of amides is 2. The van der Waals surface area contributed by atoms with Crippen LogP contribution in [0.4, 0.5) is 11.4 Å². The minimum absolute atomic E-state index is 0.102. The second kappa shape index (κ2) is 6.63. The van der Waals surface area contributed by atoms with Crippen molar-refractivity contribution in [3.63, 3.8) is 0 Å². The molecule has 2 aromatic carbocycles. The van der Waals surface area contributed by atoms with Gasteiger partial charge in [0.05, 0.1) is 6.42 Å². The van der Waals surface area contributed by atoms with Crippen molar-refractivity contribution in [3.05, 3.63) is 53.9 Å². The number of oxazole rings is 1. The molecule has 1 aromatic heterocycles. The van der Waals surface area contributed by atoms with E-state index in [2.05, 4.69) is 10.3 Å². The zero-order chi connectivity index (χ0) is 18.1. The molecule has 0 aliphatic carbocycles. The maximum absolute atomic E-state index is 12.3. The molecule has 0 unspecified atom stereocenters. The van der Waals surface area contributed by atoms with Crippen LogP contribution in [0.1, 0.15) is 24.3 Å². The number of aryl methyl sites for hydroxylation is 1. The first-order valence-electron chi connectivity index (χ1n) is 8.65. The molecule has 0 saturated carbocycles. The number of anilines is 2. The normalized spacial score (nSPS) is 14.2. The Morgan fingerprint density at radius 1 is 1.23 bits per heavy atom. The Hall–Kier alpha value is -3.15. The van der Waals surface area contributed by atoms with Crippen LogP contribution in [0.5, 0.6) is 0 Å². The zero-order valence-corrected chi connectivity index (χ0v) is 14.5. The third-order valence-corrected chi connectivity index (χ3v) is 4.46. The highest BCUT2D eigenvalue weighted by Crippen LogP contribution is 2.22. The lowest BCUT2D eigenvalue weighted by atomic mass is 10.1. The van der Waals surface area contributed by atoms with Crippen molar-refractivity contribution < 1.29 is 14.0 Å². The lowest BCUT2D eigenvalue weighted by Crippen LogP contribution is -2.23. The fourth-order valence-electron chi connectivity index (χ4n) is 3.23. The molecule has 0 spiro atoms. The number of hydrogen-bond donors (Lipinski definition) is 1. The van der Waals surface area contributed by atoms with Gasteiger partial charge in [0, 0.05) is 31.3 Å². The number of benzene rings is 2. The summed E-state index contributed by atoms with van der Waals surface area (Å²) in [5.74, 6) is 0.656. The summed E-state index contributed by atoms with van der Waals surface area (Å²) in [6, 6.07) is 13.0. The minimum Gasteiger partial charge on any atom is -0.441 e. The molecule has 0 radical (unpaired) electrons. The molecule has 6 nitrogen and oxygen atoms in total. The van der Waals surface area contributed by atoms with Crippen LogP contribution in [0.2, 0.25) is 0 Å². The number of aromatic nitrogens is 1. The predicted molar refractivity (Wildman–Crippen MR) is 99.1 cm³/mol. The molecule has 2 amide bonds. The topological polar surface area (TPSA) is 75.4 Å². The summed E-state index contributed by atoms with van der Waals surface area (Å²) in [7, 11) is 0. The number of carbonyl (C=O) groups excluding carboxylic acids is 2. The zero-order valence-electron chi connectivity index (χ0n) is 14.5. The van der Waals surface area contributed by atoms with E-state index in [1.807, 2.05) is 24.3 Å². The van der Waals surface area contributed by atoms with Gasteiger partial charge in [-0.25, -0.2) is 4.98 Å². The smallest absolute Gasteiger partial charge is 0.228 e. The van der Waals surface area contributed by atoms with Crippen molar-refractivity contribution in [2.45, 2.75) is 26.2 Å². The van der Waals surface area contributed by atoms with Gasteiger partial charge in [0.15, 0.2) is 11.5 Å². The first-order chi connectivity index (χ1) is 12.6. The van der Waals surface area contributed by atoms with E-state index in [0.29, 0.717) is 23.6 Å². The Morgan fingerprint density at radius 3 is 2.77 bits per heavy atom. The molecule has 1 N–H and O–H groups in total. The minimum atomic E-state index is -0.102. The monoisotopic (exact) mass is 349 g/mol. The van der Waals surface area contributed by atoms with Crippen molar-refractivity contribution in [1.82, 2.24) is 4.98 Å². The Kier molecular flexibility index (Phi) is 4.16. The van der Waals surface area contributed by atoms with Gasteiger partial charge < -0.3 is 14.6 Å². The second-order valence-corrected chi connectivity index (χ2v) is 6.46. The highest BCUT2D eigenvalue weighted by molar-refractivity contribution is 5.96. The summed E-state index contributed by atoms with van der Waals surface area (Å²) in [5.41, 5.74) is 3.90. The lowest BCUT2D eigenvalue weighted by Gasteiger charge is -2.15. The average molecular weight is 349 g/mol. The van der Waals surface area contributed by atoms with Crippen molar-refractivity contribution in [1.29, 1.82) is 0 Å². The van der Waals surface area contributed by atoms with Gasteiger partial charge in [-0.1, -0.05) is 12.1 Å². The fourth-order valence-corrected chi connectivity index (χ4v) is 3.23. The van der Waals surface area contributed by atoms with Crippen LogP contribution >= 0.6 is 0 Å². The summed E-state index contributed by atoms with van der Waals surface area (Å²) in [5, 5.41) is 2.88. The molecular weight excluding hydrogens is 330 g/mol. The van der Waals surface area contributed by atoms with Crippen LogP contribution in [0.25, 0.3) is 11.1 Å². The van der Waals surface area contributed by atoms with Crippen LogP contribution in [0.3, 0.4) is 0 Å². The van der Waals surface area contributed by atoms with Crippen LogP contribution in [-0.2, 0) is 16.0 Å². The molecule has 3 aromatic rings. The number of rotatable bonds is 4. The Bertz CT molecular complexity index is 976. The highest BCUT2D eigenvalue weighted by Gasteiger charge is 2.21. The number of carbonyl (C=O) groups is 2. The predicted octanol–water partition coefficient (Wildman–Crippen LogP) is 3.44. The van der Waals surface area contributed by atoms with Gasteiger partial charge >= 0.3 is 0 Å². The van der Waals surface area contributed by atoms with Crippen molar-refractivity contribution >= 4 is 34.3 Å². The van der Waals surface area contributed by atoms with E-state index in [0.717, 1.165) is 29.7 Å². The molecule has 6 heteroatoms. The summed E-state index contributed by atoms with van der Waals surface area (Å²) >= 11 is 0. The molecular formula is C20H19N3O3. The Morgan fingerprint density at radius 2 is 2.04 bits per heavy atom. The summed E-state index contributed by atoms with van der Waals surface area (Å²) < 4.78 is 5.43. The van der Waals surface area contributed by atoms with Gasteiger partial charge in [0.25, 0.3) is 0 Å². The molecule has 0 bridgehead atoms. The van der Waals surface area contributed by atoms with Gasteiger partial charge in [0.2, 0.25) is 11.8 Å². The quantitative estimate of drug-likeness (QED) is 0.783. The average Bonchev–Trinajstić information content (AvgIpc) is 3.19.